The molecule has 0 bridgehead atoms. The number of para-hydroxylation sites is 1. The van der Waals surface area contributed by atoms with E-state index in [1.54, 1.807) is 0 Å². The van der Waals surface area contributed by atoms with Gasteiger partial charge < -0.3 is 4.74 Å². The van der Waals surface area contributed by atoms with Gasteiger partial charge >= 0.3 is 0 Å². The zero-order valence-electron chi connectivity index (χ0n) is 11.0. The number of aromatic nitrogens is 1. The molecule has 0 saturated carbocycles. The number of fused-ring (bicyclic) bond motifs is 1. The molecule has 2 nitrogen and oxygen atoms in total. The van der Waals surface area contributed by atoms with Gasteiger partial charge in [0.1, 0.15) is 0 Å². The standard InChI is InChI=1S/C15H18ClNO/c1-10(2)11(3)18-15-8-12(9-16)13-6-4-5-7-14(13)17-15/h4-8,10-11H,9H2,1-3H3. The fourth-order valence-electron chi connectivity index (χ4n) is 1.72. The van der Waals surface area contributed by atoms with Crippen LogP contribution in [0.4, 0.5) is 0 Å². The van der Waals surface area contributed by atoms with Crippen molar-refractivity contribution in [2.75, 3.05) is 0 Å². The third-order valence-corrected chi connectivity index (χ3v) is 3.46. The summed E-state index contributed by atoms with van der Waals surface area (Å²) in [6.45, 7) is 6.32. The van der Waals surface area contributed by atoms with Crippen LogP contribution < -0.4 is 4.74 Å². The molecule has 18 heavy (non-hydrogen) atoms. The topological polar surface area (TPSA) is 22.1 Å². The lowest BCUT2D eigenvalue weighted by Gasteiger charge is -2.18. The van der Waals surface area contributed by atoms with Gasteiger partial charge in [0.2, 0.25) is 5.88 Å². The number of pyridine rings is 1. The van der Waals surface area contributed by atoms with Crippen LogP contribution in [0.1, 0.15) is 26.3 Å². The maximum atomic E-state index is 5.99. The molecule has 1 unspecified atom stereocenters. The number of halogens is 1. The molecule has 2 aromatic rings. The zero-order valence-corrected chi connectivity index (χ0v) is 11.7. The van der Waals surface area contributed by atoms with E-state index in [-0.39, 0.29) is 6.10 Å². The van der Waals surface area contributed by atoms with Crippen LogP contribution in [-0.2, 0) is 5.88 Å². The molecule has 0 fully saturated rings. The van der Waals surface area contributed by atoms with Gasteiger partial charge in [-0.2, -0.15) is 0 Å². The van der Waals surface area contributed by atoms with Crippen LogP contribution >= 0.6 is 11.6 Å². The van der Waals surface area contributed by atoms with Gasteiger partial charge in [-0.25, -0.2) is 4.98 Å². The van der Waals surface area contributed by atoms with Gasteiger partial charge in [-0.15, -0.1) is 11.6 Å². The summed E-state index contributed by atoms with van der Waals surface area (Å²) in [6, 6.07) is 9.93. The normalized spacial score (nSPS) is 12.9. The van der Waals surface area contributed by atoms with E-state index in [0.717, 1.165) is 16.5 Å². The van der Waals surface area contributed by atoms with Crippen molar-refractivity contribution in [2.24, 2.45) is 5.92 Å². The zero-order chi connectivity index (χ0) is 13.1. The summed E-state index contributed by atoms with van der Waals surface area (Å²) in [6.07, 6.45) is 0.141. The largest absolute Gasteiger partial charge is 0.474 e. The number of hydrogen-bond acceptors (Lipinski definition) is 2. The molecule has 1 aromatic carbocycles. The Balaban J connectivity index is 2.41. The summed E-state index contributed by atoms with van der Waals surface area (Å²) in [5.41, 5.74) is 2.00. The fraction of sp³-hybridized carbons (Fsp3) is 0.400. The fourth-order valence-corrected chi connectivity index (χ4v) is 1.94. The molecule has 1 atom stereocenters. The minimum Gasteiger partial charge on any atom is -0.474 e. The van der Waals surface area contributed by atoms with Crippen LogP contribution in [0.25, 0.3) is 10.9 Å². The molecule has 0 aliphatic carbocycles. The Bertz CT molecular complexity index is 539. The second-order valence-electron chi connectivity index (χ2n) is 4.84. The first-order valence-corrected chi connectivity index (χ1v) is 6.76. The second-order valence-corrected chi connectivity index (χ2v) is 5.10. The van der Waals surface area contributed by atoms with Gasteiger partial charge in [0, 0.05) is 17.3 Å². The van der Waals surface area contributed by atoms with E-state index < -0.39 is 0 Å². The van der Waals surface area contributed by atoms with Gasteiger partial charge in [0.15, 0.2) is 0 Å². The Morgan fingerprint density at radius 3 is 2.61 bits per heavy atom. The number of benzene rings is 1. The Labute approximate surface area is 113 Å². The predicted octanol–water partition coefficient (Wildman–Crippen LogP) is 4.40. The van der Waals surface area contributed by atoms with Crippen molar-refractivity contribution in [1.82, 2.24) is 4.98 Å². The van der Waals surface area contributed by atoms with Gasteiger partial charge in [0.05, 0.1) is 11.6 Å². The lowest BCUT2D eigenvalue weighted by Crippen LogP contribution is -2.19. The maximum Gasteiger partial charge on any atom is 0.214 e. The van der Waals surface area contributed by atoms with E-state index in [1.807, 2.05) is 30.3 Å². The molecule has 0 saturated heterocycles. The number of nitrogens with zero attached hydrogens (tertiary/aromatic N) is 1. The molecule has 2 rings (SSSR count). The highest BCUT2D eigenvalue weighted by Gasteiger charge is 2.11. The van der Waals surface area contributed by atoms with Gasteiger partial charge in [-0.05, 0) is 24.5 Å². The SMILES string of the molecule is CC(C)C(C)Oc1cc(CCl)c2ccccc2n1. The minimum atomic E-state index is 0.141. The van der Waals surface area contributed by atoms with Crippen molar-refractivity contribution in [3.63, 3.8) is 0 Å². The quantitative estimate of drug-likeness (QED) is 0.763. The van der Waals surface area contributed by atoms with Crippen molar-refractivity contribution in [2.45, 2.75) is 32.8 Å². The summed E-state index contributed by atoms with van der Waals surface area (Å²) >= 11 is 5.99. The third kappa shape index (κ3) is 2.75. The van der Waals surface area contributed by atoms with Gasteiger partial charge in [-0.3, -0.25) is 0 Å². The number of ether oxygens (including phenoxy) is 1. The summed E-state index contributed by atoms with van der Waals surface area (Å²) < 4.78 is 5.86. The Morgan fingerprint density at radius 1 is 1.22 bits per heavy atom. The van der Waals surface area contributed by atoms with Gasteiger partial charge in [-0.1, -0.05) is 32.0 Å². The van der Waals surface area contributed by atoms with Crippen LogP contribution in [-0.4, -0.2) is 11.1 Å². The van der Waals surface area contributed by atoms with E-state index in [2.05, 4.69) is 25.8 Å². The minimum absolute atomic E-state index is 0.141. The van der Waals surface area contributed by atoms with Crippen molar-refractivity contribution >= 4 is 22.5 Å². The molecule has 0 amide bonds. The predicted molar refractivity (Wildman–Crippen MR) is 76.2 cm³/mol. The van der Waals surface area contributed by atoms with E-state index in [4.69, 9.17) is 16.3 Å². The molecule has 0 spiro atoms. The van der Waals surface area contributed by atoms with Gasteiger partial charge in [0.25, 0.3) is 0 Å². The lowest BCUT2D eigenvalue weighted by atomic mass is 10.1. The Kier molecular flexibility index (Phi) is 4.07. The highest BCUT2D eigenvalue weighted by molar-refractivity contribution is 6.18. The average molecular weight is 264 g/mol. The van der Waals surface area contributed by atoms with Crippen LogP contribution in [0, 0.1) is 5.92 Å². The smallest absolute Gasteiger partial charge is 0.214 e. The molecule has 0 N–H and O–H groups in total. The Morgan fingerprint density at radius 2 is 1.94 bits per heavy atom. The lowest BCUT2D eigenvalue weighted by molar-refractivity contribution is 0.164. The molecule has 0 radical (unpaired) electrons. The van der Waals surface area contributed by atoms with Crippen molar-refractivity contribution in [3.05, 3.63) is 35.9 Å². The van der Waals surface area contributed by atoms with E-state index >= 15 is 0 Å². The molecule has 3 heteroatoms. The Hall–Kier alpha value is -1.28. The monoisotopic (exact) mass is 263 g/mol. The molecule has 0 aliphatic heterocycles. The molecule has 1 aromatic heterocycles. The van der Waals surface area contributed by atoms with Crippen LogP contribution in [0.15, 0.2) is 30.3 Å². The van der Waals surface area contributed by atoms with Crippen molar-refractivity contribution in [3.8, 4) is 5.88 Å². The van der Waals surface area contributed by atoms with E-state index in [1.165, 1.54) is 0 Å². The summed E-state index contributed by atoms with van der Waals surface area (Å²) in [7, 11) is 0. The first kappa shape index (κ1) is 13.2. The third-order valence-electron chi connectivity index (χ3n) is 3.17. The second kappa shape index (κ2) is 5.57. The van der Waals surface area contributed by atoms with E-state index in [0.29, 0.717) is 17.7 Å². The highest BCUT2D eigenvalue weighted by atomic mass is 35.5. The number of alkyl halides is 1. The summed E-state index contributed by atoms with van der Waals surface area (Å²) in [5, 5.41) is 1.09. The highest BCUT2D eigenvalue weighted by Crippen LogP contribution is 2.24. The molecular weight excluding hydrogens is 246 g/mol. The van der Waals surface area contributed by atoms with E-state index in [9.17, 15) is 0 Å². The van der Waals surface area contributed by atoms with Crippen molar-refractivity contribution in [1.29, 1.82) is 0 Å². The number of rotatable bonds is 4. The molecular formula is C15H18ClNO. The summed E-state index contributed by atoms with van der Waals surface area (Å²) in [4.78, 5) is 4.53. The first-order valence-electron chi connectivity index (χ1n) is 6.23. The average Bonchev–Trinajstić information content (AvgIpc) is 2.37. The molecule has 96 valence electrons. The molecule has 1 heterocycles. The maximum absolute atomic E-state index is 5.99. The van der Waals surface area contributed by atoms with Crippen molar-refractivity contribution < 1.29 is 4.74 Å². The summed E-state index contributed by atoms with van der Waals surface area (Å²) in [5.74, 6) is 1.58. The first-order chi connectivity index (χ1) is 8.61. The van der Waals surface area contributed by atoms with Crippen LogP contribution in [0.2, 0.25) is 0 Å². The van der Waals surface area contributed by atoms with Crippen LogP contribution in [0.3, 0.4) is 0 Å². The van der Waals surface area contributed by atoms with Crippen LogP contribution in [0.5, 0.6) is 5.88 Å². The molecule has 0 aliphatic rings. The number of hydrogen-bond donors (Lipinski definition) is 0.